The van der Waals surface area contributed by atoms with Crippen molar-refractivity contribution in [3.8, 4) is 0 Å². The van der Waals surface area contributed by atoms with Crippen LogP contribution in [-0.4, -0.2) is 28.5 Å². The fraction of sp³-hybridized carbons (Fsp3) is 0.923. The van der Waals surface area contributed by atoms with Crippen LogP contribution in [0.2, 0.25) is 0 Å². The molecule has 5 heteroatoms. The Morgan fingerprint density at radius 1 is 1.22 bits per heavy atom. The van der Waals surface area contributed by atoms with Crippen molar-refractivity contribution >= 4 is 16.9 Å². The maximum absolute atomic E-state index is 11.8. The standard InChI is InChI=1S/C13H24N2O2S/c1-2-3-4-5-6-7-13(16)18-12-8-10-15(14-17)11-9-12/h12H,2-11H2,1H3. The highest BCUT2D eigenvalue weighted by Crippen LogP contribution is 2.25. The number of carbonyl (C=O) groups is 1. The van der Waals surface area contributed by atoms with E-state index in [2.05, 4.69) is 12.2 Å². The lowest BCUT2D eigenvalue weighted by molar-refractivity contribution is -0.111. The molecule has 0 aliphatic carbocycles. The van der Waals surface area contributed by atoms with Crippen molar-refractivity contribution in [1.29, 1.82) is 0 Å². The van der Waals surface area contributed by atoms with Gasteiger partial charge in [-0.2, -0.15) is 0 Å². The fourth-order valence-corrected chi connectivity index (χ4v) is 3.24. The van der Waals surface area contributed by atoms with Crippen LogP contribution in [0, 0.1) is 4.91 Å². The zero-order chi connectivity index (χ0) is 13.2. The molecule has 1 fully saturated rings. The van der Waals surface area contributed by atoms with Crippen molar-refractivity contribution in [3.63, 3.8) is 0 Å². The van der Waals surface area contributed by atoms with E-state index in [0.717, 1.165) is 19.3 Å². The number of thioether (sulfide) groups is 1. The van der Waals surface area contributed by atoms with Gasteiger partial charge in [-0.05, 0) is 19.3 Å². The molecule has 0 aromatic heterocycles. The predicted molar refractivity (Wildman–Crippen MR) is 76.4 cm³/mol. The fourth-order valence-electron chi connectivity index (χ4n) is 2.16. The van der Waals surface area contributed by atoms with E-state index in [-0.39, 0.29) is 0 Å². The van der Waals surface area contributed by atoms with Crippen molar-refractivity contribution < 1.29 is 4.79 Å². The summed E-state index contributed by atoms with van der Waals surface area (Å²) in [6.07, 6.45) is 8.48. The van der Waals surface area contributed by atoms with Crippen molar-refractivity contribution in [2.75, 3.05) is 13.1 Å². The van der Waals surface area contributed by atoms with E-state index >= 15 is 0 Å². The quantitative estimate of drug-likeness (QED) is 0.499. The molecule has 0 N–H and O–H groups in total. The lowest BCUT2D eigenvalue weighted by Gasteiger charge is -2.26. The SMILES string of the molecule is CCCCCCCC(=O)SC1CCN(N=O)CC1. The number of nitrogens with zero attached hydrogens (tertiary/aromatic N) is 2. The first kappa shape index (κ1) is 15.5. The third-order valence-electron chi connectivity index (χ3n) is 3.32. The Balaban J connectivity index is 2.04. The molecule has 18 heavy (non-hydrogen) atoms. The zero-order valence-electron chi connectivity index (χ0n) is 11.3. The van der Waals surface area contributed by atoms with Crippen molar-refractivity contribution in [2.45, 2.75) is 63.5 Å². The number of rotatable bonds is 8. The molecule has 1 rings (SSSR count). The van der Waals surface area contributed by atoms with Crippen LogP contribution in [0.25, 0.3) is 0 Å². The highest BCUT2D eigenvalue weighted by Gasteiger charge is 2.21. The summed E-state index contributed by atoms with van der Waals surface area (Å²) in [5.41, 5.74) is 0. The van der Waals surface area contributed by atoms with Crippen LogP contribution in [0.5, 0.6) is 0 Å². The number of nitroso groups, excluding NO2 is 1. The Bertz CT molecular complexity index is 253. The first-order valence-electron chi connectivity index (χ1n) is 7.04. The maximum Gasteiger partial charge on any atom is 0.189 e. The molecule has 0 atom stereocenters. The minimum atomic E-state index is 0.323. The molecule has 4 nitrogen and oxygen atoms in total. The Hall–Kier alpha value is -0.580. The number of hydrogen-bond acceptors (Lipinski definition) is 4. The summed E-state index contributed by atoms with van der Waals surface area (Å²) >= 11 is 1.49. The van der Waals surface area contributed by atoms with Crippen LogP contribution < -0.4 is 0 Å². The van der Waals surface area contributed by atoms with Gasteiger partial charge in [0.15, 0.2) is 5.12 Å². The Morgan fingerprint density at radius 3 is 2.50 bits per heavy atom. The molecular formula is C13H24N2O2S. The summed E-state index contributed by atoms with van der Waals surface area (Å²) in [6.45, 7) is 3.59. The smallest absolute Gasteiger partial charge is 0.189 e. The topological polar surface area (TPSA) is 49.7 Å². The largest absolute Gasteiger partial charge is 0.287 e. The summed E-state index contributed by atoms with van der Waals surface area (Å²) in [7, 11) is 0. The Kier molecular flexibility index (Phi) is 8.05. The highest BCUT2D eigenvalue weighted by atomic mass is 32.2. The molecule has 0 bridgehead atoms. The van der Waals surface area contributed by atoms with Crippen molar-refractivity contribution in [2.24, 2.45) is 5.29 Å². The van der Waals surface area contributed by atoms with Crippen LogP contribution in [0.3, 0.4) is 0 Å². The van der Waals surface area contributed by atoms with Gasteiger partial charge in [-0.15, -0.1) is 4.91 Å². The van der Waals surface area contributed by atoms with Crippen molar-refractivity contribution in [3.05, 3.63) is 4.91 Å². The normalized spacial score (nSPS) is 16.8. The molecular weight excluding hydrogens is 248 g/mol. The van der Waals surface area contributed by atoms with Gasteiger partial charge >= 0.3 is 0 Å². The van der Waals surface area contributed by atoms with Crippen molar-refractivity contribution in [1.82, 2.24) is 5.01 Å². The van der Waals surface area contributed by atoms with E-state index in [1.165, 1.54) is 37.4 Å². The molecule has 0 unspecified atom stereocenters. The van der Waals surface area contributed by atoms with Gasteiger partial charge in [0.2, 0.25) is 0 Å². The van der Waals surface area contributed by atoms with E-state index in [1.54, 1.807) is 5.01 Å². The molecule has 0 aromatic rings. The molecule has 0 aromatic carbocycles. The minimum Gasteiger partial charge on any atom is -0.287 e. The van der Waals surface area contributed by atoms with Crippen LogP contribution in [-0.2, 0) is 4.79 Å². The number of piperidine rings is 1. The zero-order valence-corrected chi connectivity index (χ0v) is 12.1. The van der Waals surface area contributed by atoms with E-state index in [9.17, 15) is 9.70 Å². The van der Waals surface area contributed by atoms with Gasteiger partial charge < -0.3 is 0 Å². The third kappa shape index (κ3) is 6.38. The van der Waals surface area contributed by atoms with Gasteiger partial charge in [0, 0.05) is 24.8 Å². The molecule has 104 valence electrons. The van der Waals surface area contributed by atoms with E-state index in [1.807, 2.05) is 0 Å². The number of carbonyl (C=O) groups excluding carboxylic acids is 1. The molecule has 1 aliphatic rings. The molecule has 1 aliphatic heterocycles. The van der Waals surface area contributed by atoms with E-state index in [4.69, 9.17) is 0 Å². The lowest BCUT2D eigenvalue weighted by Crippen LogP contribution is -2.31. The van der Waals surface area contributed by atoms with Crippen LogP contribution in [0.15, 0.2) is 5.29 Å². The first-order chi connectivity index (χ1) is 8.76. The number of hydrogen-bond donors (Lipinski definition) is 0. The Labute approximate surface area is 114 Å². The first-order valence-corrected chi connectivity index (χ1v) is 7.92. The third-order valence-corrected chi connectivity index (χ3v) is 4.59. The predicted octanol–water partition coefficient (Wildman–Crippen LogP) is 3.75. The van der Waals surface area contributed by atoms with Crippen LogP contribution in [0.4, 0.5) is 0 Å². The second kappa shape index (κ2) is 9.36. The number of unbranched alkanes of at least 4 members (excludes halogenated alkanes) is 4. The monoisotopic (exact) mass is 272 g/mol. The van der Waals surface area contributed by atoms with E-state index < -0.39 is 0 Å². The molecule has 1 saturated heterocycles. The van der Waals surface area contributed by atoms with Gasteiger partial charge in [-0.25, -0.2) is 0 Å². The second-order valence-corrected chi connectivity index (χ2v) is 6.25. The van der Waals surface area contributed by atoms with Crippen LogP contribution in [0.1, 0.15) is 58.3 Å². The molecule has 0 saturated carbocycles. The highest BCUT2D eigenvalue weighted by molar-refractivity contribution is 8.14. The molecule has 0 radical (unpaired) electrons. The summed E-state index contributed by atoms with van der Waals surface area (Å²) in [6, 6.07) is 0. The summed E-state index contributed by atoms with van der Waals surface area (Å²) < 4.78 is 0. The second-order valence-electron chi connectivity index (χ2n) is 4.89. The van der Waals surface area contributed by atoms with Gasteiger partial charge in [-0.3, -0.25) is 9.80 Å². The average molecular weight is 272 g/mol. The van der Waals surface area contributed by atoms with Gasteiger partial charge in [0.1, 0.15) is 0 Å². The van der Waals surface area contributed by atoms with Gasteiger partial charge in [0.05, 0.1) is 5.29 Å². The van der Waals surface area contributed by atoms with E-state index in [0.29, 0.717) is 29.9 Å². The van der Waals surface area contributed by atoms with Gasteiger partial charge in [0.25, 0.3) is 0 Å². The molecule has 1 heterocycles. The summed E-state index contributed by atoms with van der Waals surface area (Å²) in [5, 5.41) is 5.19. The van der Waals surface area contributed by atoms with Gasteiger partial charge in [-0.1, -0.05) is 44.4 Å². The van der Waals surface area contributed by atoms with Crippen LogP contribution >= 0.6 is 11.8 Å². The molecule has 0 amide bonds. The summed E-state index contributed by atoms with van der Waals surface area (Å²) in [4.78, 5) is 22.1. The molecule has 0 spiro atoms. The lowest BCUT2D eigenvalue weighted by atomic mass is 10.1. The minimum absolute atomic E-state index is 0.323. The average Bonchev–Trinajstić information content (AvgIpc) is 2.39. The Morgan fingerprint density at radius 2 is 1.89 bits per heavy atom. The maximum atomic E-state index is 11.8. The summed E-state index contributed by atoms with van der Waals surface area (Å²) in [5.74, 6) is 0.